The van der Waals surface area contributed by atoms with E-state index in [0.29, 0.717) is 0 Å². The first kappa shape index (κ1) is 31.3. The average molecular weight is 562 g/mol. The highest BCUT2D eigenvalue weighted by Gasteiger charge is 2.94. The third-order valence-electron chi connectivity index (χ3n) is 3.38. The molecular weight excluding hydrogens is 561 g/mol. The van der Waals surface area contributed by atoms with Gasteiger partial charge in [-0.1, -0.05) is 0 Å². The summed E-state index contributed by atoms with van der Waals surface area (Å²) in [5.41, 5.74) is 0. The summed E-state index contributed by atoms with van der Waals surface area (Å²) in [5.74, 6) is -62.7. The summed E-state index contributed by atoms with van der Waals surface area (Å²) < 4.78 is 272. The zero-order chi connectivity index (χ0) is 27.7. The smallest absolute Gasteiger partial charge is 0.281 e. The molecule has 23 heteroatoms. The Morgan fingerprint density at radius 1 is 0.485 bits per heavy atom. The molecule has 0 heterocycles. The van der Waals surface area contributed by atoms with Gasteiger partial charge < -0.3 is 0 Å². The van der Waals surface area contributed by atoms with Crippen LogP contribution in [0.2, 0.25) is 0 Å². The number of halogens is 19. The van der Waals surface area contributed by atoms with E-state index in [1.807, 2.05) is 0 Å². The number of allylic oxidation sites excluding steroid dienone is 2. The molecule has 0 amide bonds. The van der Waals surface area contributed by atoms with Crippen molar-refractivity contribution < 1.29 is 96.4 Å². The summed E-state index contributed by atoms with van der Waals surface area (Å²) in [4.78, 5) is 0. The van der Waals surface area contributed by atoms with E-state index in [1.165, 1.54) is 0 Å². The van der Waals surface area contributed by atoms with Crippen LogP contribution in [0.15, 0.2) is 11.7 Å². The van der Waals surface area contributed by atoms with E-state index in [1.54, 1.807) is 0 Å². The van der Waals surface area contributed by atoms with Gasteiger partial charge in [-0.2, -0.15) is 87.4 Å². The van der Waals surface area contributed by atoms with Crippen LogP contribution in [0.3, 0.4) is 0 Å². The van der Waals surface area contributed by atoms with Crippen LogP contribution in [0.5, 0.6) is 0 Å². The van der Waals surface area contributed by atoms with Crippen molar-refractivity contribution in [3.63, 3.8) is 0 Å². The molecule has 0 aromatic carbocycles. The first-order valence-electron chi connectivity index (χ1n) is 6.56. The molecule has 0 rings (SSSR count). The minimum Gasteiger partial charge on any atom is -0.281 e. The Kier molecular flexibility index (Phi) is 7.27. The second kappa shape index (κ2) is 7.66. The molecule has 0 aliphatic heterocycles. The summed E-state index contributed by atoms with van der Waals surface area (Å²) in [7, 11) is -7.97. The Labute approximate surface area is 166 Å². The highest BCUT2D eigenvalue weighted by atomic mass is 32.2. The number of hydrogen-bond acceptors (Lipinski definition) is 2. The molecule has 1 N–H and O–H groups in total. The molecule has 0 spiro atoms. The van der Waals surface area contributed by atoms with E-state index >= 15 is 0 Å². The van der Waals surface area contributed by atoms with Crippen molar-refractivity contribution in [1.82, 2.24) is 0 Å². The molecule has 0 aliphatic rings. The van der Waals surface area contributed by atoms with Gasteiger partial charge in [-0.3, -0.25) is 4.55 Å². The Hall–Kier alpha value is -1.68. The molecule has 0 aromatic rings. The largest absolute Gasteiger partial charge is 0.445 e. The molecular formula is C10HF19O3S. The molecule has 0 atom stereocenters. The average Bonchev–Trinajstić information content (AvgIpc) is 2.57. The monoisotopic (exact) mass is 562 g/mol. The van der Waals surface area contributed by atoms with Gasteiger partial charge in [0, 0.05) is 0 Å². The Morgan fingerprint density at radius 3 is 1.03 bits per heavy atom. The molecule has 0 aliphatic carbocycles. The van der Waals surface area contributed by atoms with Crippen LogP contribution in [0.1, 0.15) is 0 Å². The SMILES string of the molecule is O=S(=O)(O)C(F)(F)C(F)(F)C(F)(F)C(F)(F)C(F)(F)C(F)(F)C(F)(F)C(F)=C(F)C(F)(F)F. The summed E-state index contributed by atoms with van der Waals surface area (Å²) in [6.07, 6.45) is -7.06. The molecule has 0 aromatic heterocycles. The van der Waals surface area contributed by atoms with E-state index < -0.39 is 68.7 Å². The highest BCUT2D eigenvalue weighted by Crippen LogP contribution is 2.63. The maximum atomic E-state index is 13.3. The van der Waals surface area contributed by atoms with E-state index in [0.717, 1.165) is 0 Å². The van der Waals surface area contributed by atoms with Gasteiger partial charge in [-0.25, -0.2) is 4.39 Å². The minimum absolute atomic E-state index is 5.01. The van der Waals surface area contributed by atoms with Gasteiger partial charge in [0.25, 0.3) is 0 Å². The normalized spacial score (nSPS) is 17.2. The third kappa shape index (κ3) is 4.07. The van der Waals surface area contributed by atoms with Crippen LogP contribution in [0, 0.1) is 0 Å². The van der Waals surface area contributed by atoms with Crippen molar-refractivity contribution in [2.45, 2.75) is 47.0 Å². The molecule has 3 nitrogen and oxygen atoms in total. The number of alkyl halides is 17. The van der Waals surface area contributed by atoms with Crippen LogP contribution in [-0.4, -0.2) is 59.9 Å². The summed E-state index contributed by atoms with van der Waals surface area (Å²) in [5, 5.41) is -7.92. The van der Waals surface area contributed by atoms with Gasteiger partial charge in [0.1, 0.15) is 0 Å². The van der Waals surface area contributed by atoms with Gasteiger partial charge >= 0.3 is 57.1 Å². The van der Waals surface area contributed by atoms with Crippen molar-refractivity contribution in [1.29, 1.82) is 0 Å². The predicted octanol–water partition coefficient (Wildman–Crippen LogP) is 5.99. The van der Waals surface area contributed by atoms with Gasteiger partial charge in [-0.15, -0.1) is 0 Å². The zero-order valence-corrected chi connectivity index (χ0v) is 14.7. The van der Waals surface area contributed by atoms with E-state index in [2.05, 4.69) is 0 Å². The molecule has 0 bridgehead atoms. The lowest BCUT2D eigenvalue weighted by atomic mass is 9.90. The van der Waals surface area contributed by atoms with E-state index in [9.17, 15) is 91.8 Å². The Morgan fingerprint density at radius 2 is 0.758 bits per heavy atom. The fourth-order valence-corrected chi connectivity index (χ4v) is 1.99. The number of hydrogen-bond donors (Lipinski definition) is 1. The number of rotatable bonds is 8. The first-order valence-corrected chi connectivity index (χ1v) is 8.00. The van der Waals surface area contributed by atoms with Crippen molar-refractivity contribution in [2.75, 3.05) is 0 Å². The van der Waals surface area contributed by atoms with Crippen LogP contribution in [-0.2, 0) is 10.1 Å². The quantitative estimate of drug-likeness (QED) is 0.292. The lowest BCUT2D eigenvalue weighted by Gasteiger charge is -2.41. The van der Waals surface area contributed by atoms with Crippen LogP contribution < -0.4 is 0 Å². The molecule has 0 fully saturated rings. The maximum absolute atomic E-state index is 13.3. The van der Waals surface area contributed by atoms with Gasteiger partial charge in [0.15, 0.2) is 0 Å². The third-order valence-corrected chi connectivity index (χ3v) is 4.28. The summed E-state index contributed by atoms with van der Waals surface area (Å²) in [6.45, 7) is 0. The predicted molar refractivity (Wildman–Crippen MR) is 61.5 cm³/mol. The lowest BCUT2D eigenvalue weighted by molar-refractivity contribution is -0.433. The van der Waals surface area contributed by atoms with Crippen LogP contribution in [0.25, 0.3) is 0 Å². The molecule has 198 valence electrons. The topological polar surface area (TPSA) is 54.4 Å². The fourth-order valence-electron chi connectivity index (χ4n) is 1.53. The van der Waals surface area contributed by atoms with Crippen LogP contribution >= 0.6 is 0 Å². The Balaban J connectivity index is 7.09. The van der Waals surface area contributed by atoms with Crippen molar-refractivity contribution in [2.24, 2.45) is 0 Å². The van der Waals surface area contributed by atoms with Crippen molar-refractivity contribution in [3.05, 3.63) is 11.7 Å². The van der Waals surface area contributed by atoms with Crippen LogP contribution in [0.4, 0.5) is 83.4 Å². The molecule has 33 heavy (non-hydrogen) atoms. The fraction of sp³-hybridized carbons (Fsp3) is 0.800. The molecule has 0 saturated heterocycles. The summed E-state index contributed by atoms with van der Waals surface area (Å²) in [6, 6.07) is 0. The van der Waals surface area contributed by atoms with E-state index in [4.69, 9.17) is 4.55 Å². The zero-order valence-electron chi connectivity index (χ0n) is 13.9. The highest BCUT2D eigenvalue weighted by molar-refractivity contribution is 7.87. The molecule has 0 radical (unpaired) electrons. The maximum Gasteiger partial charge on any atom is 0.445 e. The lowest BCUT2D eigenvalue weighted by Crippen LogP contribution is -2.73. The Bertz CT molecular complexity index is 895. The van der Waals surface area contributed by atoms with Crippen molar-refractivity contribution >= 4 is 10.1 Å². The molecule has 0 unspecified atom stereocenters. The summed E-state index contributed by atoms with van der Waals surface area (Å²) >= 11 is 0. The second-order valence-corrected chi connectivity index (χ2v) is 7.03. The second-order valence-electron chi connectivity index (χ2n) is 5.56. The van der Waals surface area contributed by atoms with Gasteiger partial charge in [0.2, 0.25) is 11.7 Å². The standard InChI is InChI=1S/C10HF19O3S/c11-1(2(12)4(15,16)17)3(13,14)5(18,19)6(20,21)7(22,23)8(24,25)9(26,27)10(28,29)33(30,31)32/h(H,30,31,32). The molecule has 0 saturated carbocycles. The van der Waals surface area contributed by atoms with E-state index in [-0.39, 0.29) is 0 Å². The van der Waals surface area contributed by atoms with Gasteiger partial charge in [-0.05, 0) is 0 Å². The minimum atomic E-state index is -9.00. The van der Waals surface area contributed by atoms with Crippen molar-refractivity contribution in [3.8, 4) is 0 Å². The van der Waals surface area contributed by atoms with Gasteiger partial charge in [0.05, 0.1) is 0 Å². The first-order chi connectivity index (χ1) is 13.8.